The highest BCUT2D eigenvalue weighted by Crippen LogP contribution is 2.20. The smallest absolute Gasteiger partial charge is 0.220 e. The Morgan fingerprint density at radius 2 is 2.05 bits per heavy atom. The van der Waals surface area contributed by atoms with E-state index in [1.165, 1.54) is 4.88 Å². The lowest BCUT2D eigenvalue weighted by Crippen LogP contribution is -2.27. The van der Waals surface area contributed by atoms with E-state index in [4.69, 9.17) is 4.74 Å². The summed E-state index contributed by atoms with van der Waals surface area (Å²) in [7, 11) is 1.65. The second-order valence-corrected chi connectivity index (χ2v) is 6.27. The molecule has 4 heteroatoms. The van der Waals surface area contributed by atoms with Crippen LogP contribution in [0.5, 0.6) is 5.75 Å². The first-order valence-corrected chi connectivity index (χ1v) is 8.56. The lowest BCUT2D eigenvalue weighted by molar-refractivity contribution is -0.121. The van der Waals surface area contributed by atoms with Crippen molar-refractivity contribution in [2.45, 2.75) is 38.6 Å². The molecule has 1 aromatic carbocycles. The van der Waals surface area contributed by atoms with Gasteiger partial charge in [0.1, 0.15) is 5.75 Å². The quantitative estimate of drug-likeness (QED) is 0.786. The fraction of sp³-hybridized carbons (Fsp3) is 0.389. The standard InChI is InChI=1S/C18H23NO2S/c1-3-17(14-9-11-15(21-2)12-10-14)19-18(20)8-4-6-16-7-5-13-22-16/h5,7,9-13,17H,3-4,6,8H2,1-2H3,(H,19,20). The predicted molar refractivity (Wildman–Crippen MR) is 91.4 cm³/mol. The van der Waals surface area contributed by atoms with Crippen molar-refractivity contribution in [2.75, 3.05) is 7.11 Å². The van der Waals surface area contributed by atoms with E-state index in [0.29, 0.717) is 6.42 Å². The van der Waals surface area contributed by atoms with Gasteiger partial charge >= 0.3 is 0 Å². The second kappa shape index (κ2) is 8.59. The van der Waals surface area contributed by atoms with Crippen LogP contribution in [0.2, 0.25) is 0 Å². The van der Waals surface area contributed by atoms with Crippen LogP contribution in [0, 0.1) is 0 Å². The minimum absolute atomic E-state index is 0.0696. The summed E-state index contributed by atoms with van der Waals surface area (Å²) in [5.74, 6) is 0.958. The number of rotatable bonds is 8. The molecule has 0 aliphatic carbocycles. The highest BCUT2D eigenvalue weighted by Gasteiger charge is 2.12. The Bertz CT molecular complexity index is 563. The molecule has 3 nitrogen and oxygen atoms in total. The second-order valence-electron chi connectivity index (χ2n) is 5.23. The number of carbonyl (C=O) groups excluding carboxylic acids is 1. The third-order valence-corrected chi connectivity index (χ3v) is 4.60. The monoisotopic (exact) mass is 317 g/mol. The molecule has 0 radical (unpaired) electrons. The molecule has 1 unspecified atom stereocenters. The van der Waals surface area contributed by atoms with Crippen LogP contribution >= 0.6 is 11.3 Å². The van der Waals surface area contributed by atoms with E-state index >= 15 is 0 Å². The average molecular weight is 317 g/mol. The summed E-state index contributed by atoms with van der Waals surface area (Å²) in [5, 5.41) is 5.20. The first kappa shape index (κ1) is 16.6. The largest absolute Gasteiger partial charge is 0.497 e. The third-order valence-electron chi connectivity index (χ3n) is 3.67. The molecule has 1 amide bonds. The van der Waals surface area contributed by atoms with Crippen LogP contribution in [0.1, 0.15) is 42.7 Å². The normalized spacial score (nSPS) is 11.9. The van der Waals surface area contributed by atoms with E-state index in [0.717, 1.165) is 30.6 Å². The van der Waals surface area contributed by atoms with E-state index in [1.54, 1.807) is 18.4 Å². The van der Waals surface area contributed by atoms with Gasteiger partial charge in [0, 0.05) is 11.3 Å². The number of aryl methyl sites for hydroxylation is 1. The van der Waals surface area contributed by atoms with Gasteiger partial charge in [-0.25, -0.2) is 0 Å². The van der Waals surface area contributed by atoms with Gasteiger partial charge in [-0.15, -0.1) is 11.3 Å². The van der Waals surface area contributed by atoms with E-state index in [2.05, 4.69) is 29.8 Å². The molecule has 22 heavy (non-hydrogen) atoms. The van der Waals surface area contributed by atoms with E-state index < -0.39 is 0 Å². The van der Waals surface area contributed by atoms with Crippen molar-refractivity contribution in [1.29, 1.82) is 0 Å². The van der Waals surface area contributed by atoms with Crippen LogP contribution in [-0.2, 0) is 11.2 Å². The molecule has 2 rings (SSSR count). The zero-order valence-corrected chi connectivity index (χ0v) is 14.0. The lowest BCUT2D eigenvalue weighted by atomic mass is 10.0. The fourth-order valence-corrected chi connectivity index (χ4v) is 3.15. The van der Waals surface area contributed by atoms with Crippen molar-refractivity contribution in [3.8, 4) is 5.75 Å². The number of carbonyl (C=O) groups is 1. The molecule has 2 aromatic rings. The van der Waals surface area contributed by atoms with Crippen LogP contribution in [0.4, 0.5) is 0 Å². The van der Waals surface area contributed by atoms with Gasteiger partial charge in [0.05, 0.1) is 13.2 Å². The first-order chi connectivity index (χ1) is 10.7. The Kier molecular flexibility index (Phi) is 6.46. The van der Waals surface area contributed by atoms with Crippen LogP contribution in [0.3, 0.4) is 0 Å². The van der Waals surface area contributed by atoms with Crippen molar-refractivity contribution in [1.82, 2.24) is 5.32 Å². The number of ether oxygens (including phenoxy) is 1. The topological polar surface area (TPSA) is 38.3 Å². The highest BCUT2D eigenvalue weighted by molar-refractivity contribution is 7.09. The Morgan fingerprint density at radius 1 is 1.27 bits per heavy atom. The molecule has 1 heterocycles. The molecular weight excluding hydrogens is 294 g/mol. The van der Waals surface area contributed by atoms with E-state index in [1.807, 2.05) is 24.3 Å². The van der Waals surface area contributed by atoms with Crippen LogP contribution in [-0.4, -0.2) is 13.0 Å². The minimum atomic E-state index is 0.0696. The zero-order chi connectivity index (χ0) is 15.8. The molecule has 0 saturated carbocycles. The predicted octanol–water partition coefficient (Wildman–Crippen LogP) is 4.35. The van der Waals surface area contributed by atoms with Gasteiger partial charge in [-0.1, -0.05) is 25.1 Å². The molecule has 0 fully saturated rings. The number of hydrogen-bond donors (Lipinski definition) is 1. The van der Waals surface area contributed by atoms with Crippen LogP contribution in [0.25, 0.3) is 0 Å². The summed E-state index contributed by atoms with van der Waals surface area (Å²) >= 11 is 1.75. The Morgan fingerprint density at radius 3 is 2.64 bits per heavy atom. The van der Waals surface area contributed by atoms with E-state index in [-0.39, 0.29) is 11.9 Å². The van der Waals surface area contributed by atoms with Gasteiger partial charge in [0.15, 0.2) is 0 Å². The number of thiophene rings is 1. The molecule has 0 bridgehead atoms. The molecular formula is C18H23NO2S. The summed E-state index contributed by atoms with van der Waals surface area (Å²) < 4.78 is 5.17. The maximum absolute atomic E-state index is 12.1. The maximum atomic E-state index is 12.1. The minimum Gasteiger partial charge on any atom is -0.497 e. The van der Waals surface area contributed by atoms with Crippen molar-refractivity contribution in [3.63, 3.8) is 0 Å². The summed E-state index contributed by atoms with van der Waals surface area (Å²) in [4.78, 5) is 13.4. The van der Waals surface area contributed by atoms with Gasteiger partial charge in [0.2, 0.25) is 5.91 Å². The molecule has 0 spiro atoms. The van der Waals surface area contributed by atoms with Crippen molar-refractivity contribution < 1.29 is 9.53 Å². The Hall–Kier alpha value is -1.81. The van der Waals surface area contributed by atoms with Crippen molar-refractivity contribution >= 4 is 17.2 Å². The Labute approximate surface area is 136 Å². The summed E-state index contributed by atoms with van der Waals surface area (Å²) in [6.07, 6.45) is 3.32. The van der Waals surface area contributed by atoms with Gasteiger partial charge in [-0.2, -0.15) is 0 Å². The van der Waals surface area contributed by atoms with Crippen LogP contribution < -0.4 is 10.1 Å². The summed E-state index contributed by atoms with van der Waals surface area (Å²) in [6, 6.07) is 12.1. The number of nitrogens with one attached hydrogen (secondary N) is 1. The number of hydrogen-bond acceptors (Lipinski definition) is 3. The SMILES string of the molecule is CCC(NC(=O)CCCc1cccs1)c1ccc(OC)cc1. The fourth-order valence-electron chi connectivity index (χ4n) is 2.40. The molecule has 0 saturated heterocycles. The van der Waals surface area contributed by atoms with Gasteiger partial charge in [0.25, 0.3) is 0 Å². The third kappa shape index (κ3) is 4.88. The van der Waals surface area contributed by atoms with Crippen molar-refractivity contribution in [2.24, 2.45) is 0 Å². The molecule has 118 valence electrons. The number of amides is 1. The van der Waals surface area contributed by atoms with Gasteiger partial charge < -0.3 is 10.1 Å². The van der Waals surface area contributed by atoms with E-state index in [9.17, 15) is 4.79 Å². The molecule has 1 N–H and O–H groups in total. The maximum Gasteiger partial charge on any atom is 0.220 e. The first-order valence-electron chi connectivity index (χ1n) is 7.68. The molecule has 1 atom stereocenters. The van der Waals surface area contributed by atoms with Crippen LogP contribution in [0.15, 0.2) is 41.8 Å². The summed E-state index contributed by atoms with van der Waals surface area (Å²) in [6.45, 7) is 2.08. The molecule has 0 aliphatic heterocycles. The Balaban J connectivity index is 1.81. The van der Waals surface area contributed by atoms with Gasteiger partial charge in [-0.05, 0) is 48.4 Å². The number of methoxy groups -OCH3 is 1. The highest BCUT2D eigenvalue weighted by atomic mass is 32.1. The number of benzene rings is 1. The average Bonchev–Trinajstić information content (AvgIpc) is 3.06. The van der Waals surface area contributed by atoms with Gasteiger partial charge in [-0.3, -0.25) is 4.79 Å². The van der Waals surface area contributed by atoms with Crippen molar-refractivity contribution in [3.05, 3.63) is 52.2 Å². The zero-order valence-electron chi connectivity index (χ0n) is 13.2. The molecule has 1 aromatic heterocycles. The molecule has 0 aliphatic rings. The lowest BCUT2D eigenvalue weighted by Gasteiger charge is -2.17. The summed E-state index contributed by atoms with van der Waals surface area (Å²) in [5.41, 5.74) is 1.12.